The zero-order chi connectivity index (χ0) is 28.3. The van der Waals surface area contributed by atoms with Crippen LogP contribution < -0.4 is 11.1 Å². The normalized spacial score (nSPS) is 16.8. The van der Waals surface area contributed by atoms with Gasteiger partial charge in [0.25, 0.3) is 5.91 Å². The number of carbonyl (C=O) groups is 2. The summed E-state index contributed by atoms with van der Waals surface area (Å²) in [5.74, 6) is 2.24. The second-order valence-electron chi connectivity index (χ2n) is 8.92. The van der Waals surface area contributed by atoms with E-state index in [9.17, 15) is 19.1 Å². The van der Waals surface area contributed by atoms with Crippen LogP contribution >= 0.6 is 0 Å². The van der Waals surface area contributed by atoms with Crippen molar-refractivity contribution in [2.24, 2.45) is 5.73 Å². The number of aliphatic hydroxyl groups excluding tert-OH is 1. The molecule has 0 radical (unpaired) electrons. The number of benzene rings is 1. The predicted octanol–water partition coefficient (Wildman–Crippen LogP) is 1.41. The number of aryl methyl sites for hydroxylation is 1. The predicted molar refractivity (Wildman–Crippen MR) is 139 cm³/mol. The zero-order valence-electron chi connectivity index (χ0n) is 21.6. The maximum Gasteiger partial charge on any atom is 0.255 e. The first-order chi connectivity index (χ1) is 18.7. The molecule has 206 valence electrons. The number of nitrogens with zero attached hydrogens (tertiary/aromatic N) is 5. The van der Waals surface area contributed by atoms with Crippen molar-refractivity contribution in [2.75, 3.05) is 38.7 Å². The van der Waals surface area contributed by atoms with Crippen molar-refractivity contribution >= 4 is 28.7 Å². The fourth-order valence-electron chi connectivity index (χ4n) is 4.79. The summed E-state index contributed by atoms with van der Waals surface area (Å²) in [5, 5.41) is 16.8. The standard InChI is InChI=1S/C26H29F2N7O4/c1-4-21(37)34-12-15(10-16(34)13-39-3)35-26(30-8-9-36)22(25(29)38)19(32-35)7-6-17-18(27)11-20-24(23(17)28)31-14-33(20)5-2/h4,11,14-16,30,36H,1,5,8-10,12-13H2,2-3H3,(H2,29,38)/t15-,16+/m0/s1. The molecule has 2 amide bonds. The number of carbonyl (C=O) groups excluding carboxylic acids is 2. The molecule has 1 aromatic carbocycles. The average Bonchev–Trinajstić information content (AvgIpc) is 3.62. The number of aromatic nitrogens is 4. The molecule has 0 spiro atoms. The fourth-order valence-corrected chi connectivity index (χ4v) is 4.79. The number of aliphatic hydroxyl groups is 1. The Hall–Kier alpha value is -4.28. The van der Waals surface area contributed by atoms with E-state index in [1.807, 2.05) is 6.92 Å². The maximum atomic E-state index is 15.2. The molecule has 2 aromatic heterocycles. The Balaban J connectivity index is 1.81. The van der Waals surface area contributed by atoms with Gasteiger partial charge in [0.1, 0.15) is 22.7 Å². The molecule has 13 heteroatoms. The van der Waals surface area contributed by atoms with E-state index >= 15 is 4.39 Å². The Morgan fingerprint density at radius 3 is 2.79 bits per heavy atom. The quantitative estimate of drug-likeness (QED) is 0.275. The summed E-state index contributed by atoms with van der Waals surface area (Å²) in [4.78, 5) is 30.6. The Morgan fingerprint density at radius 2 is 2.15 bits per heavy atom. The number of primary amides is 1. The van der Waals surface area contributed by atoms with Gasteiger partial charge in [-0.3, -0.25) is 9.59 Å². The lowest BCUT2D eigenvalue weighted by atomic mass is 10.1. The minimum atomic E-state index is -0.930. The van der Waals surface area contributed by atoms with E-state index in [4.69, 9.17) is 10.5 Å². The van der Waals surface area contributed by atoms with Gasteiger partial charge >= 0.3 is 0 Å². The number of halogens is 2. The van der Waals surface area contributed by atoms with Crippen LogP contribution in [0, 0.1) is 23.5 Å². The smallest absolute Gasteiger partial charge is 0.255 e. The van der Waals surface area contributed by atoms with Crippen molar-refractivity contribution in [1.29, 1.82) is 0 Å². The van der Waals surface area contributed by atoms with E-state index in [2.05, 4.69) is 33.8 Å². The number of ether oxygens (including phenoxy) is 1. The number of amides is 2. The number of likely N-dealkylation sites (tertiary alicyclic amines) is 1. The zero-order valence-corrected chi connectivity index (χ0v) is 21.6. The van der Waals surface area contributed by atoms with Gasteiger partial charge in [-0.15, -0.1) is 0 Å². The molecule has 1 fully saturated rings. The molecule has 3 heterocycles. The summed E-state index contributed by atoms with van der Waals surface area (Å²) in [5.41, 5.74) is 5.19. The van der Waals surface area contributed by atoms with Crippen LogP contribution in [-0.4, -0.2) is 80.6 Å². The summed E-state index contributed by atoms with van der Waals surface area (Å²) in [6.07, 6.45) is 3.04. The number of rotatable bonds is 9. The SMILES string of the molecule is C=CC(=O)N1C[C@@H](n2nc(C#Cc3c(F)cc4c(ncn4CC)c3F)c(C(N)=O)c2NCCO)C[C@@H]1COC. The second kappa shape index (κ2) is 11.6. The molecular weight excluding hydrogens is 512 g/mol. The van der Waals surface area contributed by atoms with E-state index < -0.39 is 29.1 Å². The second-order valence-corrected chi connectivity index (χ2v) is 8.92. The molecule has 2 atom stereocenters. The van der Waals surface area contributed by atoms with Gasteiger partial charge in [-0.1, -0.05) is 12.5 Å². The summed E-state index contributed by atoms with van der Waals surface area (Å²) < 4.78 is 38.4. The van der Waals surface area contributed by atoms with Crippen molar-refractivity contribution in [2.45, 2.75) is 32.0 Å². The molecule has 1 aliphatic rings. The topological polar surface area (TPSA) is 141 Å². The van der Waals surface area contributed by atoms with Gasteiger partial charge in [0.15, 0.2) is 11.5 Å². The number of hydrogen-bond acceptors (Lipinski definition) is 7. The first-order valence-corrected chi connectivity index (χ1v) is 12.3. The monoisotopic (exact) mass is 541 g/mol. The molecular formula is C26H29F2N7O4. The highest BCUT2D eigenvalue weighted by atomic mass is 19.1. The largest absolute Gasteiger partial charge is 0.395 e. The molecule has 4 rings (SSSR count). The van der Waals surface area contributed by atoms with Crippen LogP contribution in [-0.2, 0) is 16.1 Å². The van der Waals surface area contributed by atoms with Gasteiger partial charge in [-0.05, 0) is 25.3 Å². The van der Waals surface area contributed by atoms with E-state index in [-0.39, 0.29) is 60.8 Å². The van der Waals surface area contributed by atoms with Crippen molar-refractivity contribution in [3.8, 4) is 11.8 Å². The third-order valence-corrected chi connectivity index (χ3v) is 6.57. The fraction of sp³-hybridized carbons (Fsp3) is 0.385. The van der Waals surface area contributed by atoms with Gasteiger partial charge < -0.3 is 30.4 Å². The van der Waals surface area contributed by atoms with E-state index in [1.54, 1.807) is 9.47 Å². The lowest BCUT2D eigenvalue weighted by Gasteiger charge is -2.22. The van der Waals surface area contributed by atoms with Crippen LogP contribution in [0.1, 0.15) is 41.0 Å². The van der Waals surface area contributed by atoms with Gasteiger partial charge in [-0.2, -0.15) is 5.10 Å². The van der Waals surface area contributed by atoms with E-state index in [0.29, 0.717) is 18.5 Å². The van der Waals surface area contributed by atoms with Crippen LogP contribution in [0.2, 0.25) is 0 Å². The van der Waals surface area contributed by atoms with Crippen LogP contribution in [0.15, 0.2) is 25.0 Å². The minimum absolute atomic E-state index is 0.0318. The van der Waals surface area contributed by atoms with Crippen LogP contribution in [0.25, 0.3) is 11.0 Å². The molecule has 1 aliphatic heterocycles. The maximum absolute atomic E-state index is 15.2. The highest BCUT2D eigenvalue weighted by Crippen LogP contribution is 2.33. The van der Waals surface area contributed by atoms with Crippen molar-refractivity contribution in [1.82, 2.24) is 24.2 Å². The van der Waals surface area contributed by atoms with Gasteiger partial charge in [0.2, 0.25) is 5.91 Å². The summed E-state index contributed by atoms with van der Waals surface area (Å²) in [6.45, 7) is 6.13. The highest BCUT2D eigenvalue weighted by molar-refractivity contribution is 6.00. The number of nitrogens with two attached hydrogens (primary N) is 1. The minimum Gasteiger partial charge on any atom is -0.395 e. The number of anilines is 1. The summed E-state index contributed by atoms with van der Waals surface area (Å²) in [6, 6.07) is 0.442. The van der Waals surface area contributed by atoms with E-state index in [1.165, 1.54) is 24.2 Å². The van der Waals surface area contributed by atoms with Crippen molar-refractivity contribution in [3.05, 3.63) is 53.5 Å². The summed E-state index contributed by atoms with van der Waals surface area (Å²) >= 11 is 0. The average molecular weight is 542 g/mol. The molecule has 0 aliphatic carbocycles. The number of imidazole rings is 1. The molecule has 0 bridgehead atoms. The molecule has 0 saturated carbocycles. The first kappa shape index (κ1) is 27.7. The third-order valence-electron chi connectivity index (χ3n) is 6.57. The lowest BCUT2D eigenvalue weighted by Crippen LogP contribution is -2.37. The van der Waals surface area contributed by atoms with Gasteiger partial charge in [-0.25, -0.2) is 18.4 Å². The first-order valence-electron chi connectivity index (χ1n) is 12.3. The Bertz CT molecular complexity index is 1490. The van der Waals surface area contributed by atoms with Gasteiger partial charge in [0, 0.05) is 32.8 Å². The number of methoxy groups -OCH3 is 1. The van der Waals surface area contributed by atoms with Crippen molar-refractivity contribution in [3.63, 3.8) is 0 Å². The molecule has 1 saturated heterocycles. The van der Waals surface area contributed by atoms with Crippen LogP contribution in [0.4, 0.5) is 14.6 Å². The molecule has 0 unspecified atom stereocenters. The number of hydrogen-bond donors (Lipinski definition) is 3. The van der Waals surface area contributed by atoms with Gasteiger partial charge in [0.05, 0.1) is 42.7 Å². The molecule has 11 nitrogen and oxygen atoms in total. The Kier molecular flexibility index (Phi) is 8.27. The molecule has 39 heavy (non-hydrogen) atoms. The summed E-state index contributed by atoms with van der Waals surface area (Å²) in [7, 11) is 1.52. The molecule has 3 aromatic rings. The Labute approximate surface area is 223 Å². The lowest BCUT2D eigenvalue weighted by molar-refractivity contribution is -0.127. The van der Waals surface area contributed by atoms with Crippen LogP contribution in [0.3, 0.4) is 0 Å². The molecule has 4 N–H and O–H groups in total. The third kappa shape index (κ3) is 5.21. The number of nitrogens with one attached hydrogen (secondary N) is 1. The van der Waals surface area contributed by atoms with Crippen molar-refractivity contribution < 1.29 is 28.2 Å². The Morgan fingerprint density at radius 1 is 1.38 bits per heavy atom. The highest BCUT2D eigenvalue weighted by Gasteiger charge is 2.38. The van der Waals surface area contributed by atoms with Crippen LogP contribution in [0.5, 0.6) is 0 Å². The van der Waals surface area contributed by atoms with E-state index in [0.717, 1.165) is 6.07 Å². The number of fused-ring (bicyclic) bond motifs is 1.